The Bertz CT molecular complexity index is 961. The minimum atomic E-state index is -0.295. The van der Waals surface area contributed by atoms with Crippen LogP contribution in [0.4, 0.5) is 4.39 Å². The molecule has 1 N–H and O–H groups in total. The van der Waals surface area contributed by atoms with Crippen LogP contribution in [-0.4, -0.2) is 34.8 Å². The fourth-order valence-electron chi connectivity index (χ4n) is 4.80. The number of nitrogens with one attached hydrogen (secondary N) is 1. The number of thiazole rings is 1. The molecular formula is C24H30FN3O2S. The molecule has 4 rings (SSSR count). The van der Waals surface area contributed by atoms with E-state index in [2.05, 4.69) is 38.0 Å². The van der Waals surface area contributed by atoms with Gasteiger partial charge in [0.15, 0.2) is 0 Å². The van der Waals surface area contributed by atoms with Crippen molar-refractivity contribution in [2.75, 3.05) is 13.1 Å². The first-order chi connectivity index (χ1) is 14.6. The summed E-state index contributed by atoms with van der Waals surface area (Å²) in [6.07, 6.45) is 1.76. The number of nitrogens with zero attached hydrogens (tertiary/aromatic N) is 2. The van der Waals surface area contributed by atoms with Gasteiger partial charge >= 0.3 is 0 Å². The van der Waals surface area contributed by atoms with Crippen molar-refractivity contribution in [3.8, 4) is 0 Å². The van der Waals surface area contributed by atoms with Crippen molar-refractivity contribution in [1.82, 2.24) is 15.2 Å². The Morgan fingerprint density at radius 2 is 1.74 bits per heavy atom. The van der Waals surface area contributed by atoms with Crippen LogP contribution in [-0.2, 0) is 11.3 Å². The number of amides is 2. The molecule has 1 aliphatic carbocycles. The monoisotopic (exact) mass is 443 g/mol. The molecule has 2 amide bonds. The lowest BCUT2D eigenvalue weighted by molar-refractivity contribution is -0.134. The zero-order valence-electron chi connectivity index (χ0n) is 18.6. The second-order valence-electron chi connectivity index (χ2n) is 9.86. The number of rotatable bonds is 5. The zero-order chi connectivity index (χ0) is 22.4. The summed E-state index contributed by atoms with van der Waals surface area (Å²) >= 11 is 1.51. The molecule has 1 aromatic carbocycles. The van der Waals surface area contributed by atoms with E-state index in [4.69, 9.17) is 0 Å². The van der Waals surface area contributed by atoms with Crippen molar-refractivity contribution in [3.05, 3.63) is 51.7 Å². The Morgan fingerprint density at radius 1 is 1.13 bits per heavy atom. The Hall–Kier alpha value is -2.28. The second-order valence-corrected chi connectivity index (χ2v) is 10.7. The molecule has 1 saturated heterocycles. The molecule has 1 aliphatic heterocycles. The summed E-state index contributed by atoms with van der Waals surface area (Å²) in [4.78, 5) is 32.0. The van der Waals surface area contributed by atoms with Crippen LogP contribution in [0.25, 0.3) is 0 Å². The standard InChI is InChI=1S/C24H30FN3O2S/c1-23(2)19(24(23,3)4)22(30)28-11-9-16(10-12-28)21-27-18(14-31-21)20(29)26-13-15-5-7-17(25)8-6-15/h5-8,14,16,19H,9-13H2,1-4H3,(H,26,29). The number of carbonyl (C=O) groups excluding carboxylic acids is 2. The fourth-order valence-corrected chi connectivity index (χ4v) is 5.77. The summed E-state index contributed by atoms with van der Waals surface area (Å²) < 4.78 is 13.0. The van der Waals surface area contributed by atoms with E-state index < -0.39 is 0 Å². The predicted molar refractivity (Wildman–Crippen MR) is 119 cm³/mol. The van der Waals surface area contributed by atoms with Crippen molar-refractivity contribution in [3.63, 3.8) is 0 Å². The average Bonchev–Trinajstić information content (AvgIpc) is 3.08. The number of hydrogen-bond acceptors (Lipinski definition) is 4. The Labute approximate surface area is 187 Å². The largest absolute Gasteiger partial charge is 0.347 e. The van der Waals surface area contributed by atoms with E-state index in [0.717, 1.165) is 36.5 Å². The summed E-state index contributed by atoms with van der Waals surface area (Å²) in [6.45, 7) is 10.6. The molecule has 0 bridgehead atoms. The van der Waals surface area contributed by atoms with Gasteiger partial charge in [-0.3, -0.25) is 9.59 Å². The summed E-state index contributed by atoms with van der Waals surface area (Å²) in [7, 11) is 0. The second kappa shape index (κ2) is 8.01. The highest BCUT2D eigenvalue weighted by Gasteiger charge is 2.68. The highest BCUT2D eigenvalue weighted by Crippen LogP contribution is 2.68. The minimum Gasteiger partial charge on any atom is -0.347 e. The van der Waals surface area contributed by atoms with Crippen LogP contribution in [0.15, 0.2) is 29.6 Å². The summed E-state index contributed by atoms with van der Waals surface area (Å²) in [5.74, 6) is 0.156. The summed E-state index contributed by atoms with van der Waals surface area (Å²) in [6, 6.07) is 6.07. The van der Waals surface area contributed by atoms with Gasteiger partial charge in [0.05, 0.1) is 5.01 Å². The van der Waals surface area contributed by atoms with Crippen LogP contribution < -0.4 is 5.32 Å². The van der Waals surface area contributed by atoms with Gasteiger partial charge in [0, 0.05) is 36.9 Å². The van der Waals surface area contributed by atoms with Crippen molar-refractivity contribution in [2.45, 2.75) is 53.0 Å². The van der Waals surface area contributed by atoms with Crippen molar-refractivity contribution < 1.29 is 14.0 Å². The third-order valence-electron chi connectivity index (χ3n) is 7.54. The zero-order valence-corrected chi connectivity index (χ0v) is 19.4. The first-order valence-electron chi connectivity index (χ1n) is 10.9. The van der Waals surface area contributed by atoms with E-state index in [1.165, 1.54) is 23.5 Å². The third kappa shape index (κ3) is 4.12. The van der Waals surface area contributed by atoms with E-state index in [0.29, 0.717) is 12.2 Å². The van der Waals surface area contributed by atoms with Gasteiger partial charge in [-0.1, -0.05) is 39.8 Å². The van der Waals surface area contributed by atoms with E-state index in [1.807, 2.05) is 4.90 Å². The van der Waals surface area contributed by atoms with Gasteiger partial charge in [-0.05, 0) is 41.4 Å². The molecule has 2 aromatic rings. The third-order valence-corrected chi connectivity index (χ3v) is 8.55. The van der Waals surface area contributed by atoms with E-state index >= 15 is 0 Å². The lowest BCUT2D eigenvalue weighted by Crippen LogP contribution is -2.40. The number of benzene rings is 1. The van der Waals surface area contributed by atoms with Crippen LogP contribution >= 0.6 is 11.3 Å². The maximum absolute atomic E-state index is 13.0. The number of hydrogen-bond donors (Lipinski definition) is 1. The highest BCUT2D eigenvalue weighted by atomic mass is 32.1. The summed E-state index contributed by atoms with van der Waals surface area (Å²) in [5, 5.41) is 5.60. The molecule has 0 unspecified atom stereocenters. The quantitative estimate of drug-likeness (QED) is 0.735. The lowest BCUT2D eigenvalue weighted by atomic mass is 9.96. The van der Waals surface area contributed by atoms with Gasteiger partial charge in [-0.15, -0.1) is 11.3 Å². The molecule has 2 heterocycles. The van der Waals surface area contributed by atoms with Crippen molar-refractivity contribution in [1.29, 1.82) is 0 Å². The first-order valence-corrected chi connectivity index (χ1v) is 11.8. The molecule has 0 spiro atoms. The topological polar surface area (TPSA) is 62.3 Å². The lowest BCUT2D eigenvalue weighted by Gasteiger charge is -2.31. The Morgan fingerprint density at radius 3 is 2.32 bits per heavy atom. The first kappa shape index (κ1) is 21.9. The van der Waals surface area contributed by atoms with Crippen LogP contribution in [0.1, 0.15) is 67.5 Å². The molecule has 0 radical (unpaired) electrons. The number of carbonyl (C=O) groups is 2. The van der Waals surface area contributed by atoms with Crippen LogP contribution in [0.5, 0.6) is 0 Å². The number of piperidine rings is 1. The van der Waals surface area contributed by atoms with Gasteiger partial charge in [0.2, 0.25) is 5.91 Å². The smallest absolute Gasteiger partial charge is 0.271 e. The van der Waals surface area contributed by atoms with Crippen molar-refractivity contribution >= 4 is 23.2 Å². The van der Waals surface area contributed by atoms with E-state index in [1.54, 1.807) is 17.5 Å². The summed E-state index contributed by atoms with van der Waals surface area (Å²) in [5.41, 5.74) is 1.38. The van der Waals surface area contributed by atoms with Gasteiger partial charge in [-0.2, -0.15) is 0 Å². The van der Waals surface area contributed by atoms with Gasteiger partial charge < -0.3 is 10.2 Å². The van der Waals surface area contributed by atoms with Gasteiger partial charge in [-0.25, -0.2) is 9.37 Å². The Kier molecular flexibility index (Phi) is 5.66. The van der Waals surface area contributed by atoms with Gasteiger partial charge in [0.1, 0.15) is 11.5 Å². The molecule has 166 valence electrons. The highest BCUT2D eigenvalue weighted by molar-refractivity contribution is 7.09. The van der Waals surface area contributed by atoms with Gasteiger partial charge in [0.25, 0.3) is 5.91 Å². The molecular weight excluding hydrogens is 413 g/mol. The molecule has 2 aliphatic rings. The van der Waals surface area contributed by atoms with Crippen LogP contribution in [0.3, 0.4) is 0 Å². The SMILES string of the molecule is CC1(C)C(C(=O)N2CCC(c3nc(C(=O)NCc4ccc(F)cc4)cs3)CC2)C1(C)C. The fraction of sp³-hybridized carbons (Fsp3) is 0.542. The number of likely N-dealkylation sites (tertiary alicyclic amines) is 1. The Balaban J connectivity index is 1.29. The minimum absolute atomic E-state index is 0.0619. The van der Waals surface area contributed by atoms with E-state index in [9.17, 15) is 14.0 Å². The molecule has 1 aromatic heterocycles. The normalized spacial score (nSPS) is 20.5. The molecule has 31 heavy (non-hydrogen) atoms. The molecule has 5 nitrogen and oxygen atoms in total. The molecule has 1 saturated carbocycles. The number of halogens is 1. The van der Waals surface area contributed by atoms with Crippen LogP contribution in [0.2, 0.25) is 0 Å². The van der Waals surface area contributed by atoms with Crippen molar-refractivity contribution in [2.24, 2.45) is 16.7 Å². The average molecular weight is 444 g/mol. The molecule has 7 heteroatoms. The van der Waals surface area contributed by atoms with Crippen LogP contribution in [0, 0.1) is 22.6 Å². The maximum Gasteiger partial charge on any atom is 0.271 e. The molecule has 2 fully saturated rings. The van der Waals surface area contributed by atoms with E-state index in [-0.39, 0.29) is 40.3 Å². The predicted octanol–water partition coefficient (Wildman–Crippen LogP) is 4.60. The molecule has 0 atom stereocenters. The maximum atomic E-state index is 13.0. The number of aromatic nitrogens is 1.